The number of imide groups is 1. The highest BCUT2D eigenvalue weighted by Crippen LogP contribution is 2.43. The quantitative estimate of drug-likeness (QED) is 0.495. The predicted octanol–water partition coefficient (Wildman–Crippen LogP) is 2.72. The Morgan fingerprint density at radius 3 is 2.51 bits per heavy atom. The normalized spacial score (nSPS) is 31.2. The second-order valence-corrected chi connectivity index (χ2v) is 11.3. The molecule has 1 atom stereocenters. The molecule has 3 aliphatic heterocycles. The Balaban J connectivity index is 1.19. The standard InChI is InChI=1S/C27H36N4O4/c32-24-7-6-23(25(33)29-24)31-14-21-20(26(31)34)2-1-3-22(21)30-27(11-8-17-4-5-17)12-9-18(10-13-27)28-19-15-35-16-19/h1-3,17-19,23,28,30H,4-16H2,(H,29,32,33). The number of anilines is 1. The smallest absolute Gasteiger partial charge is 0.255 e. The summed E-state index contributed by atoms with van der Waals surface area (Å²) in [6.07, 6.45) is 10.3. The average Bonchev–Trinajstić information content (AvgIpc) is 3.59. The first-order valence-corrected chi connectivity index (χ1v) is 13.4. The molecule has 0 bridgehead atoms. The molecule has 1 aromatic rings. The molecule has 2 aliphatic carbocycles. The topological polar surface area (TPSA) is 99.8 Å². The van der Waals surface area contributed by atoms with Gasteiger partial charge in [-0.1, -0.05) is 18.9 Å². The van der Waals surface area contributed by atoms with Gasteiger partial charge in [-0.05, 0) is 63.0 Å². The largest absolute Gasteiger partial charge is 0.379 e. The van der Waals surface area contributed by atoms with E-state index in [0.29, 0.717) is 30.6 Å². The highest BCUT2D eigenvalue weighted by molar-refractivity contribution is 6.06. The number of carbonyl (C=O) groups is 3. The van der Waals surface area contributed by atoms with Crippen molar-refractivity contribution in [2.45, 2.75) is 94.4 Å². The summed E-state index contributed by atoms with van der Waals surface area (Å²) in [5, 5.41) is 10.1. The van der Waals surface area contributed by atoms with Gasteiger partial charge in [0, 0.05) is 41.4 Å². The van der Waals surface area contributed by atoms with Gasteiger partial charge in [-0.25, -0.2) is 0 Å². The van der Waals surface area contributed by atoms with E-state index in [1.54, 1.807) is 4.90 Å². The van der Waals surface area contributed by atoms with E-state index in [1.165, 1.54) is 19.3 Å². The molecule has 0 spiro atoms. The Labute approximate surface area is 206 Å². The number of benzene rings is 1. The van der Waals surface area contributed by atoms with Crippen LogP contribution in [0, 0.1) is 5.92 Å². The Morgan fingerprint density at radius 2 is 1.83 bits per heavy atom. The summed E-state index contributed by atoms with van der Waals surface area (Å²) in [5.41, 5.74) is 2.73. The average molecular weight is 481 g/mol. The Bertz CT molecular complexity index is 1010. The monoisotopic (exact) mass is 480 g/mol. The molecule has 6 rings (SSSR count). The van der Waals surface area contributed by atoms with Crippen molar-refractivity contribution in [2.24, 2.45) is 5.92 Å². The fourth-order valence-electron chi connectivity index (χ4n) is 6.32. The van der Waals surface area contributed by atoms with Crippen molar-refractivity contribution in [3.63, 3.8) is 0 Å². The molecule has 1 aromatic carbocycles. The number of hydrogen-bond donors (Lipinski definition) is 3. The van der Waals surface area contributed by atoms with E-state index in [-0.39, 0.29) is 29.7 Å². The lowest BCUT2D eigenvalue weighted by molar-refractivity contribution is -0.136. The second-order valence-electron chi connectivity index (χ2n) is 11.3. The zero-order chi connectivity index (χ0) is 24.0. The predicted molar refractivity (Wildman–Crippen MR) is 131 cm³/mol. The van der Waals surface area contributed by atoms with Crippen LogP contribution in [0.15, 0.2) is 18.2 Å². The summed E-state index contributed by atoms with van der Waals surface area (Å²) >= 11 is 0. The molecule has 0 aromatic heterocycles. The highest BCUT2D eigenvalue weighted by atomic mass is 16.5. The minimum absolute atomic E-state index is 0.0388. The number of nitrogens with one attached hydrogen (secondary N) is 3. The van der Waals surface area contributed by atoms with Crippen LogP contribution in [0.2, 0.25) is 0 Å². The Kier molecular flexibility index (Phi) is 6.05. The maximum absolute atomic E-state index is 13.3. The molecule has 3 heterocycles. The van der Waals surface area contributed by atoms with Crippen molar-refractivity contribution in [3.05, 3.63) is 29.3 Å². The molecule has 2 saturated heterocycles. The van der Waals surface area contributed by atoms with E-state index in [4.69, 9.17) is 4.74 Å². The van der Waals surface area contributed by atoms with Gasteiger partial charge in [0.15, 0.2) is 0 Å². The SMILES string of the molecule is O=C1CCC(N2Cc3c(NC4(CCC5CC5)CCC(NC5COC5)CC4)cccc3C2=O)C(=O)N1. The van der Waals surface area contributed by atoms with Crippen LogP contribution in [0.4, 0.5) is 5.69 Å². The van der Waals surface area contributed by atoms with Crippen LogP contribution in [-0.2, 0) is 20.9 Å². The van der Waals surface area contributed by atoms with Crippen molar-refractivity contribution >= 4 is 23.4 Å². The zero-order valence-corrected chi connectivity index (χ0v) is 20.3. The Hall–Kier alpha value is -2.45. The summed E-state index contributed by atoms with van der Waals surface area (Å²) in [7, 11) is 0. The van der Waals surface area contributed by atoms with E-state index in [1.807, 2.05) is 12.1 Å². The van der Waals surface area contributed by atoms with Gasteiger partial charge in [-0.15, -0.1) is 0 Å². The number of hydrogen-bond acceptors (Lipinski definition) is 6. The first kappa shape index (κ1) is 23.0. The molecule has 4 fully saturated rings. The summed E-state index contributed by atoms with van der Waals surface area (Å²) in [5.74, 6) is 0.148. The van der Waals surface area contributed by atoms with Crippen LogP contribution in [0.1, 0.15) is 80.1 Å². The fourth-order valence-corrected chi connectivity index (χ4v) is 6.32. The van der Waals surface area contributed by atoms with E-state index >= 15 is 0 Å². The number of carbonyl (C=O) groups excluding carboxylic acids is 3. The van der Waals surface area contributed by atoms with Crippen LogP contribution in [0.5, 0.6) is 0 Å². The lowest BCUT2D eigenvalue weighted by atomic mass is 9.75. The minimum Gasteiger partial charge on any atom is -0.379 e. The molecule has 8 heteroatoms. The summed E-state index contributed by atoms with van der Waals surface area (Å²) in [6.45, 7) is 2.07. The zero-order valence-electron chi connectivity index (χ0n) is 20.3. The maximum Gasteiger partial charge on any atom is 0.255 e. The maximum atomic E-state index is 13.3. The van der Waals surface area contributed by atoms with Crippen LogP contribution in [0.25, 0.3) is 0 Å². The van der Waals surface area contributed by atoms with E-state index in [9.17, 15) is 14.4 Å². The van der Waals surface area contributed by atoms with Crippen LogP contribution in [-0.4, -0.2) is 59.5 Å². The third-order valence-corrected chi connectivity index (χ3v) is 8.76. The van der Waals surface area contributed by atoms with Crippen molar-refractivity contribution in [1.82, 2.24) is 15.5 Å². The van der Waals surface area contributed by atoms with Crippen molar-refractivity contribution in [1.29, 1.82) is 0 Å². The van der Waals surface area contributed by atoms with E-state index < -0.39 is 6.04 Å². The molecule has 35 heavy (non-hydrogen) atoms. The molecule has 8 nitrogen and oxygen atoms in total. The molecule has 5 aliphatic rings. The molecule has 2 saturated carbocycles. The molecular formula is C27H36N4O4. The second kappa shape index (κ2) is 9.21. The first-order chi connectivity index (χ1) is 17.0. The van der Waals surface area contributed by atoms with Crippen molar-refractivity contribution < 1.29 is 19.1 Å². The number of piperidine rings is 1. The number of rotatable bonds is 8. The van der Waals surface area contributed by atoms with Gasteiger partial charge >= 0.3 is 0 Å². The third kappa shape index (κ3) is 4.70. The Morgan fingerprint density at radius 1 is 1.03 bits per heavy atom. The van der Waals surface area contributed by atoms with E-state index in [0.717, 1.165) is 62.5 Å². The summed E-state index contributed by atoms with van der Waals surface area (Å²) in [4.78, 5) is 39.0. The number of nitrogens with zero attached hydrogens (tertiary/aromatic N) is 1. The number of amides is 3. The lowest BCUT2D eigenvalue weighted by Gasteiger charge is -2.44. The van der Waals surface area contributed by atoms with Gasteiger partial charge in [0.1, 0.15) is 6.04 Å². The van der Waals surface area contributed by atoms with Gasteiger partial charge in [0.25, 0.3) is 5.91 Å². The number of fused-ring (bicyclic) bond motifs is 1. The lowest BCUT2D eigenvalue weighted by Crippen LogP contribution is -2.53. The highest BCUT2D eigenvalue weighted by Gasteiger charge is 2.42. The number of ether oxygens (including phenoxy) is 1. The van der Waals surface area contributed by atoms with Crippen molar-refractivity contribution in [2.75, 3.05) is 18.5 Å². The summed E-state index contributed by atoms with van der Waals surface area (Å²) < 4.78 is 5.34. The van der Waals surface area contributed by atoms with Gasteiger partial charge < -0.3 is 20.3 Å². The molecule has 0 radical (unpaired) electrons. The first-order valence-electron chi connectivity index (χ1n) is 13.4. The van der Waals surface area contributed by atoms with Gasteiger partial charge in [0.05, 0.1) is 19.3 Å². The van der Waals surface area contributed by atoms with Crippen molar-refractivity contribution in [3.8, 4) is 0 Å². The third-order valence-electron chi connectivity index (χ3n) is 8.76. The van der Waals surface area contributed by atoms with Crippen LogP contribution in [0.3, 0.4) is 0 Å². The molecular weight excluding hydrogens is 444 g/mol. The van der Waals surface area contributed by atoms with Crippen LogP contribution >= 0.6 is 0 Å². The molecule has 188 valence electrons. The molecule has 3 amide bonds. The summed E-state index contributed by atoms with van der Waals surface area (Å²) in [6, 6.07) is 6.38. The van der Waals surface area contributed by atoms with E-state index in [2.05, 4.69) is 22.0 Å². The minimum atomic E-state index is -0.582. The van der Waals surface area contributed by atoms with Gasteiger partial charge in [-0.3, -0.25) is 19.7 Å². The fraction of sp³-hybridized carbons (Fsp3) is 0.667. The molecule has 1 unspecified atom stereocenters. The van der Waals surface area contributed by atoms with Gasteiger partial charge in [-0.2, -0.15) is 0 Å². The van der Waals surface area contributed by atoms with Gasteiger partial charge in [0.2, 0.25) is 11.8 Å². The molecule has 3 N–H and O–H groups in total. The van der Waals surface area contributed by atoms with Crippen LogP contribution < -0.4 is 16.0 Å².